The molecule has 1 aliphatic rings. The highest BCUT2D eigenvalue weighted by atomic mass is 35.5. The van der Waals surface area contributed by atoms with E-state index in [0.29, 0.717) is 11.7 Å². The van der Waals surface area contributed by atoms with Crippen LogP contribution < -0.4 is 11.1 Å². The summed E-state index contributed by atoms with van der Waals surface area (Å²) in [5.74, 6) is 0.103. The molecule has 0 saturated heterocycles. The molecular weight excluding hydrogens is 252 g/mol. The number of phenols is 1. The van der Waals surface area contributed by atoms with Crippen molar-refractivity contribution < 1.29 is 10.2 Å². The van der Waals surface area contributed by atoms with E-state index in [2.05, 4.69) is 19.2 Å². The molecule has 1 aromatic carbocycles. The molecule has 0 heterocycles. The first-order chi connectivity index (χ1) is 8.00. The van der Waals surface area contributed by atoms with Crippen LogP contribution in [0.4, 0.5) is 5.69 Å². The van der Waals surface area contributed by atoms with Gasteiger partial charge in [0.05, 0.1) is 11.8 Å². The van der Waals surface area contributed by atoms with Gasteiger partial charge in [0.2, 0.25) is 0 Å². The normalized spacial score (nSPS) is 22.4. The highest BCUT2D eigenvalue weighted by Gasteiger charge is 2.29. The summed E-state index contributed by atoms with van der Waals surface area (Å²) in [6, 6.07) is 3.71. The molecule has 0 spiro atoms. The van der Waals surface area contributed by atoms with Crippen LogP contribution in [0.15, 0.2) is 12.1 Å². The predicted molar refractivity (Wildman–Crippen MR) is 75.1 cm³/mol. The molecule has 0 amide bonds. The third-order valence-corrected chi connectivity index (χ3v) is 3.32. The summed E-state index contributed by atoms with van der Waals surface area (Å²) in [6.45, 7) is 4.13. The van der Waals surface area contributed by atoms with Gasteiger partial charge in [0.1, 0.15) is 5.75 Å². The maximum absolute atomic E-state index is 10.3. The van der Waals surface area contributed by atoms with Crippen molar-refractivity contribution in [1.29, 1.82) is 0 Å². The Bertz CT molecular complexity index is 424. The van der Waals surface area contributed by atoms with Crippen LogP contribution in [0.3, 0.4) is 0 Å². The molecule has 102 valence electrons. The number of rotatable bonds is 2. The SMILES string of the molecule is CC(C)NC1CCc2c(ccc(O)c2N)C1O.Cl. The number of hydrogen-bond acceptors (Lipinski definition) is 4. The molecule has 2 rings (SSSR count). The number of nitrogens with two attached hydrogens (primary N) is 1. The van der Waals surface area contributed by atoms with E-state index < -0.39 is 6.10 Å². The van der Waals surface area contributed by atoms with E-state index in [1.807, 2.05) is 0 Å². The summed E-state index contributed by atoms with van der Waals surface area (Å²) < 4.78 is 0. The average Bonchev–Trinajstić information content (AvgIpc) is 2.27. The second kappa shape index (κ2) is 5.78. The number of nitrogen functional groups attached to an aromatic ring is 1. The Balaban J connectivity index is 0.00000162. The summed E-state index contributed by atoms with van der Waals surface area (Å²) >= 11 is 0. The van der Waals surface area contributed by atoms with Gasteiger partial charge in [-0.05, 0) is 30.0 Å². The van der Waals surface area contributed by atoms with E-state index in [1.165, 1.54) is 0 Å². The first-order valence-electron chi connectivity index (χ1n) is 6.05. The van der Waals surface area contributed by atoms with Gasteiger partial charge >= 0.3 is 0 Å². The predicted octanol–water partition coefficient (Wildman–Crippen LogP) is 1.74. The largest absolute Gasteiger partial charge is 0.506 e. The fourth-order valence-electron chi connectivity index (χ4n) is 2.50. The van der Waals surface area contributed by atoms with E-state index >= 15 is 0 Å². The lowest BCUT2D eigenvalue weighted by Gasteiger charge is -2.33. The number of aromatic hydroxyl groups is 1. The van der Waals surface area contributed by atoms with E-state index in [0.717, 1.165) is 24.0 Å². The minimum Gasteiger partial charge on any atom is -0.506 e. The third-order valence-electron chi connectivity index (χ3n) is 3.32. The lowest BCUT2D eigenvalue weighted by molar-refractivity contribution is 0.110. The number of benzene rings is 1. The van der Waals surface area contributed by atoms with Crippen LogP contribution in [-0.4, -0.2) is 22.3 Å². The Morgan fingerprint density at radius 1 is 1.39 bits per heavy atom. The highest BCUT2D eigenvalue weighted by Crippen LogP contribution is 2.37. The standard InChI is InChI=1S/C13H20N2O2.ClH/c1-7(2)15-10-5-3-8-9(13(10)17)4-6-11(16)12(8)14;/h4,6-7,10,13,15-17H,3,5,14H2,1-2H3;1H. The van der Waals surface area contributed by atoms with Gasteiger partial charge in [-0.1, -0.05) is 19.9 Å². The Morgan fingerprint density at radius 3 is 2.67 bits per heavy atom. The number of fused-ring (bicyclic) bond motifs is 1. The van der Waals surface area contributed by atoms with Crippen LogP contribution >= 0.6 is 12.4 Å². The number of hydrogen-bond donors (Lipinski definition) is 4. The zero-order chi connectivity index (χ0) is 12.6. The van der Waals surface area contributed by atoms with Gasteiger partial charge in [0, 0.05) is 12.1 Å². The van der Waals surface area contributed by atoms with Gasteiger partial charge in [0.15, 0.2) is 0 Å². The van der Waals surface area contributed by atoms with E-state index in [-0.39, 0.29) is 24.2 Å². The van der Waals surface area contributed by atoms with E-state index in [4.69, 9.17) is 5.73 Å². The van der Waals surface area contributed by atoms with Crippen molar-refractivity contribution in [2.24, 2.45) is 0 Å². The van der Waals surface area contributed by atoms with Crippen LogP contribution in [0.2, 0.25) is 0 Å². The van der Waals surface area contributed by atoms with Gasteiger partial charge < -0.3 is 21.3 Å². The van der Waals surface area contributed by atoms with Crippen molar-refractivity contribution in [2.75, 3.05) is 5.73 Å². The van der Waals surface area contributed by atoms with Crippen LogP contribution in [0.5, 0.6) is 5.75 Å². The van der Waals surface area contributed by atoms with Crippen molar-refractivity contribution >= 4 is 18.1 Å². The Labute approximate surface area is 114 Å². The van der Waals surface area contributed by atoms with Gasteiger partial charge in [0.25, 0.3) is 0 Å². The van der Waals surface area contributed by atoms with Crippen LogP contribution in [0.1, 0.15) is 37.5 Å². The quantitative estimate of drug-likeness (QED) is 0.489. The molecule has 4 nitrogen and oxygen atoms in total. The summed E-state index contributed by atoms with van der Waals surface area (Å²) in [4.78, 5) is 0. The minimum atomic E-state index is -0.552. The average molecular weight is 273 g/mol. The Kier molecular flexibility index (Phi) is 4.85. The van der Waals surface area contributed by atoms with Gasteiger partial charge in [-0.2, -0.15) is 0 Å². The zero-order valence-corrected chi connectivity index (χ0v) is 11.5. The number of anilines is 1. The van der Waals surface area contributed by atoms with Crippen molar-refractivity contribution in [2.45, 2.75) is 44.9 Å². The molecule has 18 heavy (non-hydrogen) atoms. The van der Waals surface area contributed by atoms with Gasteiger partial charge in [-0.25, -0.2) is 0 Å². The molecule has 0 radical (unpaired) electrons. The first kappa shape index (κ1) is 15.1. The second-order valence-corrected chi connectivity index (χ2v) is 4.98. The lowest BCUT2D eigenvalue weighted by Crippen LogP contribution is -2.42. The maximum Gasteiger partial charge on any atom is 0.138 e. The molecule has 2 atom stereocenters. The van der Waals surface area contributed by atoms with E-state index in [9.17, 15) is 10.2 Å². The first-order valence-corrected chi connectivity index (χ1v) is 6.05. The number of aliphatic hydroxyl groups excluding tert-OH is 1. The topological polar surface area (TPSA) is 78.5 Å². The molecule has 5 heteroatoms. The van der Waals surface area contributed by atoms with E-state index in [1.54, 1.807) is 12.1 Å². The number of nitrogens with one attached hydrogen (secondary N) is 1. The smallest absolute Gasteiger partial charge is 0.138 e. The molecule has 1 aromatic rings. The molecule has 0 saturated carbocycles. The lowest BCUT2D eigenvalue weighted by atomic mass is 9.84. The van der Waals surface area contributed by atoms with Gasteiger partial charge in [-0.15, -0.1) is 12.4 Å². The number of halogens is 1. The van der Waals surface area contributed by atoms with Crippen molar-refractivity contribution in [3.05, 3.63) is 23.3 Å². The van der Waals surface area contributed by atoms with Gasteiger partial charge in [-0.3, -0.25) is 0 Å². The number of phenolic OH excluding ortho intramolecular Hbond substituents is 1. The fourth-order valence-corrected chi connectivity index (χ4v) is 2.50. The molecule has 0 fully saturated rings. The molecule has 2 unspecified atom stereocenters. The summed E-state index contributed by atoms with van der Waals surface area (Å²) in [7, 11) is 0. The summed E-state index contributed by atoms with van der Waals surface area (Å²) in [5, 5.41) is 23.2. The van der Waals surface area contributed by atoms with Crippen LogP contribution in [0, 0.1) is 0 Å². The molecule has 1 aliphatic carbocycles. The molecule has 0 aromatic heterocycles. The van der Waals surface area contributed by atoms with Crippen LogP contribution in [-0.2, 0) is 6.42 Å². The Morgan fingerprint density at radius 2 is 2.06 bits per heavy atom. The number of aliphatic hydroxyl groups is 1. The van der Waals surface area contributed by atoms with Crippen molar-refractivity contribution in [3.8, 4) is 5.75 Å². The molecule has 5 N–H and O–H groups in total. The highest BCUT2D eigenvalue weighted by molar-refractivity contribution is 5.85. The van der Waals surface area contributed by atoms with Crippen molar-refractivity contribution in [3.63, 3.8) is 0 Å². The summed E-state index contributed by atoms with van der Waals surface area (Å²) in [6.07, 6.45) is 1.07. The molecule has 0 aliphatic heterocycles. The van der Waals surface area contributed by atoms with Crippen LogP contribution in [0.25, 0.3) is 0 Å². The monoisotopic (exact) mass is 272 g/mol. The Hall–Kier alpha value is -0.970. The second-order valence-electron chi connectivity index (χ2n) is 4.98. The third kappa shape index (κ3) is 2.71. The maximum atomic E-state index is 10.3. The fraction of sp³-hybridized carbons (Fsp3) is 0.538. The summed E-state index contributed by atoms with van der Waals surface area (Å²) in [5.41, 5.74) is 7.96. The zero-order valence-electron chi connectivity index (χ0n) is 10.7. The van der Waals surface area contributed by atoms with Crippen molar-refractivity contribution in [1.82, 2.24) is 5.32 Å². The minimum absolute atomic E-state index is 0. The molecule has 0 bridgehead atoms. The molecular formula is C13H21ClN2O2.